The summed E-state index contributed by atoms with van der Waals surface area (Å²) in [5.41, 5.74) is 1.49. The van der Waals surface area contributed by atoms with E-state index in [1.54, 1.807) is 17.0 Å². The first-order valence-corrected chi connectivity index (χ1v) is 17.3. The van der Waals surface area contributed by atoms with E-state index in [4.69, 9.17) is 18.9 Å². The number of anilines is 1. The second kappa shape index (κ2) is 16.4. The molecule has 1 unspecified atom stereocenters. The minimum Gasteiger partial charge on any atom is -0.390 e. The Balaban J connectivity index is 1.13. The van der Waals surface area contributed by atoms with Crippen molar-refractivity contribution in [2.24, 2.45) is 0 Å². The van der Waals surface area contributed by atoms with Crippen molar-refractivity contribution in [2.45, 2.75) is 95.7 Å². The number of fused-ring (bicyclic) bond motifs is 1. The number of nitriles is 1. The maximum atomic E-state index is 13.2. The lowest BCUT2D eigenvalue weighted by Gasteiger charge is -2.36. The normalized spacial score (nSPS) is 23.0. The van der Waals surface area contributed by atoms with Crippen molar-refractivity contribution >= 4 is 28.4 Å². The fourth-order valence-corrected chi connectivity index (χ4v) is 6.24. The Kier molecular flexibility index (Phi) is 12.3. The molecule has 2 aliphatic rings. The van der Waals surface area contributed by atoms with Gasteiger partial charge in [-0.3, -0.25) is 4.79 Å². The summed E-state index contributed by atoms with van der Waals surface area (Å²) in [5.74, 6) is -0.438. The van der Waals surface area contributed by atoms with Crippen molar-refractivity contribution in [3.63, 3.8) is 0 Å². The molecule has 3 N–H and O–H groups in total. The van der Waals surface area contributed by atoms with Crippen LogP contribution in [0.25, 0.3) is 16.8 Å². The van der Waals surface area contributed by atoms with E-state index in [2.05, 4.69) is 44.8 Å². The number of nitrogens with zero attached hydrogens (tertiary/aromatic N) is 5. The predicted molar refractivity (Wildman–Crippen MR) is 188 cm³/mol. The quantitative estimate of drug-likeness (QED) is 0.168. The number of carbonyl (C=O) groups excluding carboxylic acids is 1. The second-order valence-electron chi connectivity index (χ2n) is 14.0. The topological polar surface area (TPSA) is 164 Å². The SMILES string of the molecule is CCC(C)(Cc1cn(C[C@H]2O[C@H](OC)C[C@@H](O)[C@@H]2O)nn1)OCCC(C)(C)NC(=O)/C(C#N)=C/c1ccc2cc(N3CCOCC3)ccc2c1. The van der Waals surface area contributed by atoms with Gasteiger partial charge in [0.15, 0.2) is 6.29 Å². The average Bonchev–Trinajstić information content (AvgIpc) is 3.54. The zero-order chi connectivity index (χ0) is 35.9. The lowest BCUT2D eigenvalue weighted by molar-refractivity contribution is -0.245. The van der Waals surface area contributed by atoms with Gasteiger partial charge in [0.05, 0.1) is 37.2 Å². The number of rotatable bonds is 14. The number of aliphatic hydroxyl groups is 2. The molecule has 0 aliphatic carbocycles. The zero-order valence-corrected chi connectivity index (χ0v) is 29.7. The van der Waals surface area contributed by atoms with Gasteiger partial charge in [-0.05, 0) is 74.2 Å². The van der Waals surface area contributed by atoms with Gasteiger partial charge in [0.2, 0.25) is 0 Å². The molecule has 5 atom stereocenters. The molecule has 2 fully saturated rings. The van der Waals surface area contributed by atoms with Crippen LogP contribution >= 0.6 is 0 Å². The largest absolute Gasteiger partial charge is 0.390 e. The van der Waals surface area contributed by atoms with E-state index < -0.39 is 41.6 Å². The minimum atomic E-state index is -1.06. The number of nitrogens with one attached hydrogen (secondary N) is 1. The van der Waals surface area contributed by atoms with Crippen molar-refractivity contribution in [3.8, 4) is 6.07 Å². The molecule has 5 rings (SSSR count). The van der Waals surface area contributed by atoms with Gasteiger partial charge in [-0.1, -0.05) is 30.3 Å². The van der Waals surface area contributed by atoms with Gasteiger partial charge in [-0.2, -0.15) is 5.26 Å². The molecule has 13 nitrogen and oxygen atoms in total. The van der Waals surface area contributed by atoms with Crippen LogP contribution in [0.2, 0.25) is 0 Å². The summed E-state index contributed by atoms with van der Waals surface area (Å²) in [4.78, 5) is 15.5. The first-order valence-electron chi connectivity index (χ1n) is 17.3. The molecule has 50 heavy (non-hydrogen) atoms. The van der Waals surface area contributed by atoms with Gasteiger partial charge in [-0.15, -0.1) is 5.10 Å². The fourth-order valence-electron chi connectivity index (χ4n) is 6.24. The number of methoxy groups -OCH3 is 1. The molecule has 2 aliphatic heterocycles. The van der Waals surface area contributed by atoms with Gasteiger partial charge in [0.1, 0.15) is 23.9 Å². The van der Waals surface area contributed by atoms with E-state index in [1.165, 1.54) is 7.11 Å². The fraction of sp³-hybridized carbons (Fsp3) is 0.568. The number of ether oxygens (including phenoxy) is 4. The Morgan fingerprint density at radius 3 is 2.62 bits per heavy atom. The lowest BCUT2D eigenvalue weighted by atomic mass is 9.96. The Morgan fingerprint density at radius 1 is 1.16 bits per heavy atom. The molecule has 0 radical (unpaired) electrons. The van der Waals surface area contributed by atoms with Crippen molar-refractivity contribution in [2.75, 3.05) is 44.9 Å². The maximum Gasteiger partial charge on any atom is 0.262 e. The first kappa shape index (κ1) is 37.4. The Labute approximate surface area is 293 Å². The van der Waals surface area contributed by atoms with Gasteiger partial charge < -0.3 is 39.4 Å². The van der Waals surface area contributed by atoms with Crippen LogP contribution in [0.1, 0.15) is 58.2 Å². The molecule has 270 valence electrons. The molecular weight excluding hydrogens is 640 g/mol. The summed E-state index contributed by atoms with van der Waals surface area (Å²) in [5, 5.41) is 44.1. The van der Waals surface area contributed by atoms with E-state index in [0.717, 1.165) is 48.3 Å². The standard InChI is InChI=1S/C37H50N6O7/c1-6-37(4,21-29-23-43(41-40-29)24-32-34(45)31(44)20-33(47-5)50-32)49-14-11-36(2,3)39-35(46)28(22-38)18-25-7-8-27-19-30(10-9-26(27)17-25)42-12-15-48-16-13-42/h7-10,17-19,23,31-34,44-45H,6,11-16,20-21,24H2,1-5H3,(H,39,46)/b28-18+/t31-,32-,33+,34+,37?/m1/s1. The third-order valence-electron chi connectivity index (χ3n) is 9.58. The second-order valence-corrected chi connectivity index (χ2v) is 14.0. The predicted octanol–water partition coefficient (Wildman–Crippen LogP) is 3.37. The number of hydrogen-bond donors (Lipinski definition) is 3. The van der Waals surface area contributed by atoms with Crippen molar-refractivity contribution in [1.29, 1.82) is 5.26 Å². The van der Waals surface area contributed by atoms with Crippen LogP contribution in [0.5, 0.6) is 0 Å². The Morgan fingerprint density at radius 2 is 1.90 bits per heavy atom. The summed E-state index contributed by atoms with van der Waals surface area (Å²) in [6.07, 6.45) is 2.02. The van der Waals surface area contributed by atoms with Crippen LogP contribution in [0.4, 0.5) is 5.69 Å². The minimum absolute atomic E-state index is 0.0307. The average molecular weight is 691 g/mol. The van der Waals surface area contributed by atoms with E-state index in [1.807, 2.05) is 45.9 Å². The zero-order valence-electron chi connectivity index (χ0n) is 29.7. The third-order valence-corrected chi connectivity index (χ3v) is 9.58. The van der Waals surface area contributed by atoms with Crippen LogP contribution in [0.15, 0.2) is 48.2 Å². The maximum absolute atomic E-state index is 13.2. The highest BCUT2D eigenvalue weighted by molar-refractivity contribution is 6.02. The van der Waals surface area contributed by atoms with E-state index in [-0.39, 0.29) is 18.5 Å². The van der Waals surface area contributed by atoms with Crippen LogP contribution in [-0.4, -0.2) is 107 Å². The number of aliphatic hydroxyl groups excluding tert-OH is 2. The van der Waals surface area contributed by atoms with Crippen LogP contribution < -0.4 is 10.2 Å². The molecule has 1 aromatic heterocycles. The van der Waals surface area contributed by atoms with E-state index in [0.29, 0.717) is 31.6 Å². The number of hydrogen-bond acceptors (Lipinski definition) is 11. The van der Waals surface area contributed by atoms with Crippen molar-refractivity contribution < 1.29 is 34.0 Å². The number of benzene rings is 2. The summed E-state index contributed by atoms with van der Waals surface area (Å²) < 4.78 is 24.4. The monoisotopic (exact) mass is 690 g/mol. The number of carbonyl (C=O) groups is 1. The van der Waals surface area contributed by atoms with Crippen LogP contribution in [0.3, 0.4) is 0 Å². The van der Waals surface area contributed by atoms with Gasteiger partial charge in [-0.25, -0.2) is 4.68 Å². The molecule has 3 aromatic rings. The summed E-state index contributed by atoms with van der Waals surface area (Å²) in [6, 6.07) is 14.3. The van der Waals surface area contributed by atoms with Crippen molar-refractivity contribution in [3.05, 3.63) is 59.4 Å². The Hall–Kier alpha value is -3.90. The summed E-state index contributed by atoms with van der Waals surface area (Å²) in [6.45, 7) is 11.6. The smallest absolute Gasteiger partial charge is 0.262 e. The van der Waals surface area contributed by atoms with Crippen molar-refractivity contribution in [1.82, 2.24) is 20.3 Å². The molecule has 3 heterocycles. The molecule has 2 saturated heterocycles. The van der Waals surface area contributed by atoms with Gasteiger partial charge in [0, 0.05) is 57.1 Å². The lowest BCUT2D eigenvalue weighted by Crippen LogP contribution is -2.50. The van der Waals surface area contributed by atoms with E-state index in [9.17, 15) is 20.3 Å². The molecule has 2 aromatic carbocycles. The number of amides is 1. The Bertz CT molecular complexity index is 1680. The van der Waals surface area contributed by atoms with E-state index >= 15 is 0 Å². The molecular formula is C37H50N6O7. The van der Waals surface area contributed by atoms with Crippen LogP contribution in [-0.2, 0) is 36.7 Å². The van der Waals surface area contributed by atoms with Crippen LogP contribution in [0, 0.1) is 11.3 Å². The summed E-state index contributed by atoms with van der Waals surface area (Å²) in [7, 11) is 1.50. The molecule has 13 heteroatoms. The number of aromatic nitrogens is 3. The highest BCUT2D eigenvalue weighted by Crippen LogP contribution is 2.26. The third kappa shape index (κ3) is 9.66. The van der Waals surface area contributed by atoms with Gasteiger partial charge >= 0.3 is 0 Å². The molecule has 0 saturated carbocycles. The molecule has 0 spiro atoms. The number of morpholine rings is 1. The molecule has 1 amide bonds. The highest BCUT2D eigenvalue weighted by atomic mass is 16.7. The van der Waals surface area contributed by atoms with Gasteiger partial charge in [0.25, 0.3) is 5.91 Å². The summed E-state index contributed by atoms with van der Waals surface area (Å²) >= 11 is 0. The highest BCUT2D eigenvalue weighted by Gasteiger charge is 2.37. The first-order chi connectivity index (χ1) is 23.9. The molecule has 0 bridgehead atoms.